The van der Waals surface area contributed by atoms with Crippen molar-refractivity contribution < 1.29 is 4.74 Å². The molecule has 0 spiro atoms. The summed E-state index contributed by atoms with van der Waals surface area (Å²) < 4.78 is 5.54. The Morgan fingerprint density at radius 1 is 1.50 bits per heavy atom. The second kappa shape index (κ2) is 5.67. The molecule has 3 atom stereocenters. The van der Waals surface area contributed by atoms with Crippen LogP contribution < -0.4 is 10.6 Å². The lowest BCUT2D eigenvalue weighted by atomic mass is 9.95. The third-order valence-corrected chi connectivity index (χ3v) is 3.79. The first-order valence-corrected chi connectivity index (χ1v) is 6.61. The molecular formula is C14H23N3O. The number of aromatic nitrogens is 1. The van der Waals surface area contributed by atoms with Crippen LogP contribution in [-0.2, 0) is 4.74 Å². The van der Waals surface area contributed by atoms with E-state index < -0.39 is 0 Å². The van der Waals surface area contributed by atoms with E-state index in [1.54, 1.807) is 7.11 Å². The number of hydrogen-bond acceptors (Lipinski definition) is 4. The van der Waals surface area contributed by atoms with Crippen molar-refractivity contribution in [3.05, 3.63) is 24.0 Å². The fourth-order valence-corrected chi connectivity index (χ4v) is 2.43. The van der Waals surface area contributed by atoms with Crippen molar-refractivity contribution in [1.82, 2.24) is 4.98 Å². The molecule has 18 heavy (non-hydrogen) atoms. The van der Waals surface area contributed by atoms with Crippen molar-refractivity contribution in [1.29, 1.82) is 0 Å². The molecule has 100 valence electrons. The summed E-state index contributed by atoms with van der Waals surface area (Å²) in [6, 6.07) is 4.11. The van der Waals surface area contributed by atoms with Gasteiger partial charge in [-0.25, -0.2) is 0 Å². The largest absolute Gasteiger partial charge is 0.379 e. The van der Waals surface area contributed by atoms with E-state index in [0.717, 1.165) is 30.9 Å². The molecule has 1 saturated heterocycles. The molecule has 1 aliphatic rings. The lowest BCUT2D eigenvalue weighted by molar-refractivity contribution is 0.0498. The highest BCUT2D eigenvalue weighted by molar-refractivity contribution is 5.45. The number of hydrogen-bond donors (Lipinski definition) is 1. The SMILES string of the molecule is COC1CN(c2ccc([C@H](C)N)nc2)CCC1C. The van der Waals surface area contributed by atoms with Crippen molar-refractivity contribution in [2.24, 2.45) is 11.7 Å². The minimum atomic E-state index is -0.00727. The lowest BCUT2D eigenvalue weighted by Crippen LogP contribution is -2.44. The van der Waals surface area contributed by atoms with Gasteiger partial charge in [0, 0.05) is 26.2 Å². The van der Waals surface area contributed by atoms with Gasteiger partial charge < -0.3 is 15.4 Å². The standard InChI is InChI=1S/C14H23N3O/c1-10-6-7-17(9-14(10)18-3)12-4-5-13(11(2)15)16-8-12/h4-5,8,10-11,14H,6-7,9,15H2,1-3H3/t10?,11-,14?/m0/s1. The van der Waals surface area contributed by atoms with E-state index in [-0.39, 0.29) is 6.04 Å². The molecule has 0 saturated carbocycles. The van der Waals surface area contributed by atoms with Gasteiger partial charge in [0.2, 0.25) is 0 Å². The van der Waals surface area contributed by atoms with Crippen LogP contribution in [0.3, 0.4) is 0 Å². The Kier molecular flexibility index (Phi) is 4.19. The number of piperidine rings is 1. The van der Waals surface area contributed by atoms with E-state index in [1.165, 1.54) is 0 Å². The molecule has 0 radical (unpaired) electrons. The van der Waals surface area contributed by atoms with Crippen LogP contribution in [0.15, 0.2) is 18.3 Å². The zero-order chi connectivity index (χ0) is 13.1. The van der Waals surface area contributed by atoms with Gasteiger partial charge in [-0.05, 0) is 31.4 Å². The van der Waals surface area contributed by atoms with Crippen LogP contribution in [0.4, 0.5) is 5.69 Å². The molecule has 1 aliphatic heterocycles. The maximum absolute atomic E-state index is 5.81. The van der Waals surface area contributed by atoms with E-state index in [1.807, 2.05) is 19.2 Å². The van der Waals surface area contributed by atoms with Crippen molar-refractivity contribution in [2.45, 2.75) is 32.4 Å². The fraction of sp³-hybridized carbons (Fsp3) is 0.643. The first-order chi connectivity index (χ1) is 8.61. The van der Waals surface area contributed by atoms with Gasteiger partial charge >= 0.3 is 0 Å². The highest BCUT2D eigenvalue weighted by Gasteiger charge is 2.26. The van der Waals surface area contributed by atoms with Crippen molar-refractivity contribution in [3.8, 4) is 0 Å². The van der Waals surface area contributed by atoms with E-state index in [2.05, 4.69) is 22.9 Å². The summed E-state index contributed by atoms with van der Waals surface area (Å²) in [5.41, 5.74) is 7.91. The number of pyridine rings is 1. The maximum atomic E-state index is 5.81. The third kappa shape index (κ3) is 2.82. The second-order valence-corrected chi connectivity index (χ2v) is 5.22. The molecule has 0 aliphatic carbocycles. The maximum Gasteiger partial charge on any atom is 0.0772 e. The van der Waals surface area contributed by atoms with Gasteiger partial charge in [-0.15, -0.1) is 0 Å². The molecule has 0 aromatic carbocycles. The summed E-state index contributed by atoms with van der Waals surface area (Å²) in [4.78, 5) is 6.76. The molecular weight excluding hydrogens is 226 g/mol. The van der Waals surface area contributed by atoms with E-state index >= 15 is 0 Å². The summed E-state index contributed by atoms with van der Waals surface area (Å²) in [5.74, 6) is 0.627. The molecule has 2 N–H and O–H groups in total. The fourth-order valence-electron chi connectivity index (χ4n) is 2.43. The Morgan fingerprint density at radius 2 is 2.28 bits per heavy atom. The van der Waals surface area contributed by atoms with E-state index in [9.17, 15) is 0 Å². The highest BCUT2D eigenvalue weighted by atomic mass is 16.5. The average molecular weight is 249 g/mol. The molecule has 2 unspecified atom stereocenters. The predicted molar refractivity (Wildman–Crippen MR) is 73.6 cm³/mol. The summed E-state index contributed by atoms with van der Waals surface area (Å²) in [7, 11) is 1.79. The summed E-state index contributed by atoms with van der Waals surface area (Å²) in [5, 5.41) is 0. The van der Waals surface area contributed by atoms with Gasteiger partial charge in [-0.3, -0.25) is 4.98 Å². The molecule has 4 nitrogen and oxygen atoms in total. The normalized spacial score (nSPS) is 26.1. The number of nitrogens with zero attached hydrogens (tertiary/aromatic N) is 2. The number of rotatable bonds is 3. The van der Waals surface area contributed by atoms with Crippen LogP contribution in [0.25, 0.3) is 0 Å². The molecule has 0 amide bonds. The Labute approximate surface area is 109 Å². The lowest BCUT2D eigenvalue weighted by Gasteiger charge is -2.37. The van der Waals surface area contributed by atoms with Gasteiger partial charge in [-0.2, -0.15) is 0 Å². The van der Waals surface area contributed by atoms with Gasteiger partial charge in [0.1, 0.15) is 0 Å². The van der Waals surface area contributed by atoms with Gasteiger partial charge in [0.15, 0.2) is 0 Å². The van der Waals surface area contributed by atoms with Crippen LogP contribution in [0.2, 0.25) is 0 Å². The number of ether oxygens (including phenoxy) is 1. The molecule has 2 rings (SSSR count). The smallest absolute Gasteiger partial charge is 0.0772 e. The Morgan fingerprint density at radius 3 is 2.83 bits per heavy atom. The zero-order valence-corrected chi connectivity index (χ0v) is 11.5. The van der Waals surface area contributed by atoms with Crippen molar-refractivity contribution >= 4 is 5.69 Å². The molecule has 4 heteroatoms. The molecule has 0 bridgehead atoms. The van der Waals surface area contributed by atoms with Crippen LogP contribution >= 0.6 is 0 Å². The first-order valence-electron chi connectivity index (χ1n) is 6.61. The van der Waals surface area contributed by atoms with Crippen molar-refractivity contribution in [3.63, 3.8) is 0 Å². The molecule has 1 aromatic rings. The highest BCUT2D eigenvalue weighted by Crippen LogP contribution is 2.24. The quantitative estimate of drug-likeness (QED) is 0.889. The van der Waals surface area contributed by atoms with Crippen LogP contribution in [0.5, 0.6) is 0 Å². The Balaban J connectivity index is 2.07. The molecule has 1 fully saturated rings. The minimum absolute atomic E-state index is 0.00727. The second-order valence-electron chi connectivity index (χ2n) is 5.22. The number of nitrogens with two attached hydrogens (primary N) is 1. The Hall–Kier alpha value is -1.13. The van der Waals surface area contributed by atoms with Gasteiger partial charge in [0.05, 0.1) is 23.7 Å². The predicted octanol–water partition coefficient (Wildman–Crippen LogP) is 1.96. The topological polar surface area (TPSA) is 51.4 Å². The Bertz CT molecular complexity index is 377. The van der Waals surface area contributed by atoms with Gasteiger partial charge in [0.25, 0.3) is 0 Å². The average Bonchev–Trinajstić information content (AvgIpc) is 2.39. The van der Waals surface area contributed by atoms with Crippen LogP contribution in [-0.4, -0.2) is 31.3 Å². The van der Waals surface area contributed by atoms with Gasteiger partial charge in [-0.1, -0.05) is 6.92 Å². The van der Waals surface area contributed by atoms with Crippen LogP contribution in [0, 0.1) is 5.92 Å². The first kappa shape index (κ1) is 13.3. The summed E-state index contributed by atoms with van der Waals surface area (Å²) >= 11 is 0. The minimum Gasteiger partial charge on any atom is -0.379 e. The zero-order valence-electron chi connectivity index (χ0n) is 11.5. The van der Waals surface area contributed by atoms with E-state index in [4.69, 9.17) is 10.5 Å². The van der Waals surface area contributed by atoms with Crippen molar-refractivity contribution in [2.75, 3.05) is 25.1 Å². The monoisotopic (exact) mass is 249 g/mol. The molecule has 1 aromatic heterocycles. The number of anilines is 1. The summed E-state index contributed by atoms with van der Waals surface area (Å²) in [6.45, 7) is 6.21. The van der Waals surface area contributed by atoms with Crippen LogP contribution in [0.1, 0.15) is 32.0 Å². The summed E-state index contributed by atoms with van der Waals surface area (Å²) in [6.07, 6.45) is 3.39. The molecule has 2 heterocycles. The third-order valence-electron chi connectivity index (χ3n) is 3.79. The number of methoxy groups -OCH3 is 1. The van der Waals surface area contributed by atoms with E-state index in [0.29, 0.717) is 12.0 Å².